The van der Waals surface area contributed by atoms with Gasteiger partial charge >= 0.3 is 0 Å². The number of nitrogens with zero attached hydrogens (tertiary/aromatic N) is 2. The van der Waals surface area contributed by atoms with Crippen molar-refractivity contribution >= 4 is 11.3 Å². The van der Waals surface area contributed by atoms with E-state index in [0.29, 0.717) is 17.6 Å². The molecule has 0 fully saturated rings. The summed E-state index contributed by atoms with van der Waals surface area (Å²) in [7, 11) is 0. The smallest absolute Gasteiger partial charge is 0.223 e. The Balaban J connectivity index is 2.33. The quantitative estimate of drug-likeness (QED) is 0.760. The lowest BCUT2D eigenvalue weighted by atomic mass is 10.2. The summed E-state index contributed by atoms with van der Waals surface area (Å²) in [4.78, 5) is 6.61. The molecule has 0 radical (unpaired) electrons. The fourth-order valence-electron chi connectivity index (χ4n) is 1.18. The van der Waals surface area contributed by atoms with Gasteiger partial charge in [-0.3, -0.25) is 0 Å². The fourth-order valence-corrected chi connectivity index (χ4v) is 2.12. The van der Waals surface area contributed by atoms with Gasteiger partial charge < -0.3 is 4.52 Å². The number of hydrogen-bond donors (Lipinski definition) is 0. The van der Waals surface area contributed by atoms with Crippen molar-refractivity contribution in [3.05, 3.63) is 22.9 Å². The van der Waals surface area contributed by atoms with E-state index in [0.717, 1.165) is 4.88 Å². The molecular weight excluding hydrogens is 196 g/mol. The highest BCUT2D eigenvalue weighted by atomic mass is 32.1. The molecule has 0 atom stereocenters. The summed E-state index contributed by atoms with van der Waals surface area (Å²) in [6.45, 7) is 6.15. The predicted molar refractivity (Wildman–Crippen MR) is 56.4 cm³/mol. The van der Waals surface area contributed by atoms with E-state index in [1.807, 2.05) is 6.07 Å². The van der Waals surface area contributed by atoms with Crippen molar-refractivity contribution in [1.82, 2.24) is 10.1 Å². The summed E-state index contributed by atoms with van der Waals surface area (Å²) in [5.74, 6) is 1.86. The summed E-state index contributed by atoms with van der Waals surface area (Å²) >= 11 is 1.72. The maximum absolute atomic E-state index is 4.93. The molecule has 0 spiro atoms. The second-order valence-corrected chi connectivity index (χ2v) is 4.61. The molecule has 0 N–H and O–H groups in total. The van der Waals surface area contributed by atoms with Crippen molar-refractivity contribution in [2.45, 2.75) is 26.7 Å². The van der Waals surface area contributed by atoms with Crippen molar-refractivity contribution in [3.63, 3.8) is 0 Å². The van der Waals surface area contributed by atoms with Crippen molar-refractivity contribution < 1.29 is 4.52 Å². The van der Waals surface area contributed by atoms with Gasteiger partial charge in [0.15, 0.2) is 0 Å². The molecule has 0 saturated heterocycles. The molecule has 0 saturated carbocycles. The normalized spacial score (nSPS) is 11.1. The Morgan fingerprint density at radius 2 is 2.14 bits per heavy atom. The molecule has 0 unspecified atom stereocenters. The molecule has 0 amide bonds. The van der Waals surface area contributed by atoms with Gasteiger partial charge in [-0.2, -0.15) is 4.98 Å². The maximum Gasteiger partial charge on any atom is 0.223 e. The molecular formula is C10H12N2OS. The van der Waals surface area contributed by atoms with Crippen LogP contribution in [0, 0.1) is 6.92 Å². The van der Waals surface area contributed by atoms with Crippen LogP contribution in [-0.4, -0.2) is 10.1 Å². The van der Waals surface area contributed by atoms with E-state index in [-0.39, 0.29) is 0 Å². The third-order valence-electron chi connectivity index (χ3n) is 1.94. The zero-order chi connectivity index (χ0) is 10.1. The number of aryl methyl sites for hydroxylation is 1. The van der Waals surface area contributed by atoms with Crippen LogP contribution in [0.3, 0.4) is 0 Å². The molecule has 2 aromatic heterocycles. The first-order valence-electron chi connectivity index (χ1n) is 4.57. The van der Waals surface area contributed by atoms with Gasteiger partial charge in [-0.05, 0) is 18.1 Å². The summed E-state index contributed by atoms with van der Waals surface area (Å²) in [6, 6.07) is 4.17. The molecule has 0 aliphatic carbocycles. The molecule has 4 heteroatoms. The van der Waals surface area contributed by atoms with Crippen LogP contribution in [0.25, 0.3) is 10.7 Å². The van der Waals surface area contributed by atoms with E-state index in [9.17, 15) is 0 Å². The van der Waals surface area contributed by atoms with Crippen LogP contribution in [0.15, 0.2) is 16.7 Å². The van der Waals surface area contributed by atoms with Crippen molar-refractivity contribution in [3.8, 4) is 10.7 Å². The third-order valence-corrected chi connectivity index (χ3v) is 3.33. The average Bonchev–Trinajstić information content (AvgIpc) is 2.70. The average molecular weight is 208 g/mol. The topological polar surface area (TPSA) is 38.9 Å². The number of rotatable bonds is 2. The predicted octanol–water partition coefficient (Wildman–Crippen LogP) is 3.23. The van der Waals surface area contributed by atoms with Gasteiger partial charge in [-0.1, -0.05) is 19.0 Å². The van der Waals surface area contributed by atoms with Gasteiger partial charge in [0.2, 0.25) is 11.7 Å². The highest BCUT2D eigenvalue weighted by Crippen LogP contribution is 2.30. The molecule has 3 nitrogen and oxygen atoms in total. The summed E-state index contributed by atoms with van der Waals surface area (Å²) in [5.41, 5.74) is 0. The summed E-state index contributed by atoms with van der Waals surface area (Å²) < 4.78 is 4.93. The van der Waals surface area contributed by atoms with Gasteiger partial charge in [-0.15, -0.1) is 11.3 Å². The molecule has 0 aliphatic rings. The number of thiophene rings is 1. The van der Waals surface area contributed by atoms with Crippen LogP contribution in [0.5, 0.6) is 0 Å². The van der Waals surface area contributed by atoms with Gasteiger partial charge in [0.25, 0.3) is 0 Å². The van der Waals surface area contributed by atoms with Crippen LogP contribution in [0.2, 0.25) is 0 Å². The van der Waals surface area contributed by atoms with Crippen LogP contribution in [0.4, 0.5) is 0 Å². The lowest BCUT2D eigenvalue weighted by molar-refractivity contribution is 0.394. The highest BCUT2D eigenvalue weighted by Gasteiger charge is 2.10. The zero-order valence-electron chi connectivity index (χ0n) is 8.44. The van der Waals surface area contributed by atoms with Crippen molar-refractivity contribution in [1.29, 1.82) is 0 Å². The van der Waals surface area contributed by atoms with E-state index in [1.54, 1.807) is 18.3 Å². The molecule has 0 aromatic carbocycles. The third kappa shape index (κ3) is 1.70. The van der Waals surface area contributed by atoms with Gasteiger partial charge in [-0.25, -0.2) is 0 Å². The maximum atomic E-state index is 4.93. The Bertz CT molecular complexity index is 431. The fraction of sp³-hybridized carbons (Fsp3) is 0.400. The molecule has 2 rings (SSSR count). The largest absolute Gasteiger partial charge is 0.339 e. The van der Waals surface area contributed by atoms with Gasteiger partial charge in [0.1, 0.15) is 0 Å². The van der Waals surface area contributed by atoms with Crippen LogP contribution >= 0.6 is 11.3 Å². The summed E-state index contributed by atoms with van der Waals surface area (Å²) in [6.07, 6.45) is 0. The minimum absolute atomic E-state index is 0.557. The van der Waals surface area contributed by atoms with Crippen molar-refractivity contribution in [2.75, 3.05) is 0 Å². The molecule has 2 heterocycles. The first-order chi connectivity index (χ1) is 6.66. The second kappa shape index (κ2) is 3.53. The van der Waals surface area contributed by atoms with Crippen LogP contribution < -0.4 is 0 Å². The molecule has 74 valence electrons. The first kappa shape index (κ1) is 9.40. The molecule has 0 bridgehead atoms. The Kier molecular flexibility index (Phi) is 2.37. The molecule has 14 heavy (non-hydrogen) atoms. The monoisotopic (exact) mass is 208 g/mol. The Hall–Kier alpha value is -1.16. The lowest BCUT2D eigenvalue weighted by Gasteiger charge is -1.96. The van der Waals surface area contributed by atoms with Gasteiger partial charge in [0, 0.05) is 11.8 Å². The van der Waals surface area contributed by atoms with E-state index in [1.165, 1.54) is 4.88 Å². The van der Waals surface area contributed by atoms with E-state index >= 15 is 0 Å². The Labute approximate surface area is 86.8 Å². The van der Waals surface area contributed by atoms with Crippen LogP contribution in [0.1, 0.15) is 30.5 Å². The minimum atomic E-state index is 0.557. The van der Waals surface area contributed by atoms with E-state index in [2.05, 4.69) is 30.1 Å². The first-order valence-corrected chi connectivity index (χ1v) is 5.39. The molecule has 0 aliphatic heterocycles. The van der Waals surface area contributed by atoms with E-state index in [4.69, 9.17) is 4.52 Å². The molecule has 2 aromatic rings. The Morgan fingerprint density at radius 3 is 2.64 bits per heavy atom. The SMILES string of the molecule is Cc1nc(-c2ccc(C(C)C)s2)no1. The second-order valence-electron chi connectivity index (χ2n) is 3.49. The highest BCUT2D eigenvalue weighted by molar-refractivity contribution is 7.15. The van der Waals surface area contributed by atoms with Gasteiger partial charge in [0.05, 0.1) is 4.88 Å². The Morgan fingerprint density at radius 1 is 1.36 bits per heavy atom. The van der Waals surface area contributed by atoms with Crippen molar-refractivity contribution in [2.24, 2.45) is 0 Å². The number of aromatic nitrogens is 2. The standard InChI is InChI=1S/C10H12N2OS/c1-6(2)8-4-5-9(14-8)10-11-7(3)13-12-10/h4-6H,1-3H3. The lowest BCUT2D eigenvalue weighted by Crippen LogP contribution is -1.77. The number of hydrogen-bond acceptors (Lipinski definition) is 4. The summed E-state index contributed by atoms with van der Waals surface area (Å²) in [5, 5.41) is 3.88. The zero-order valence-corrected chi connectivity index (χ0v) is 9.26. The van der Waals surface area contributed by atoms with Crippen LogP contribution in [-0.2, 0) is 0 Å². The minimum Gasteiger partial charge on any atom is -0.339 e. The van der Waals surface area contributed by atoms with E-state index < -0.39 is 0 Å².